The molecule has 0 radical (unpaired) electrons. The minimum absolute atomic E-state index is 0.104. The lowest BCUT2D eigenvalue weighted by Crippen LogP contribution is -2.50. The second-order valence-electron chi connectivity index (χ2n) is 5.86. The van der Waals surface area contributed by atoms with Crippen molar-refractivity contribution >= 4 is 15.7 Å². The van der Waals surface area contributed by atoms with Crippen LogP contribution in [0.4, 0.5) is 0 Å². The van der Waals surface area contributed by atoms with Crippen LogP contribution in [0.15, 0.2) is 0 Å². The first-order chi connectivity index (χ1) is 8.99. The van der Waals surface area contributed by atoms with Crippen LogP contribution in [0.25, 0.3) is 0 Å². The quantitative estimate of drug-likeness (QED) is 0.788. The molecule has 2 aliphatic rings. The molecule has 5 nitrogen and oxygen atoms in total. The van der Waals surface area contributed by atoms with Gasteiger partial charge in [0.1, 0.15) is 5.75 Å². The van der Waals surface area contributed by atoms with Gasteiger partial charge in [0.15, 0.2) is 9.84 Å². The van der Waals surface area contributed by atoms with Crippen LogP contribution in [0.1, 0.15) is 39.0 Å². The maximum atomic E-state index is 12.1. The third-order valence-corrected chi connectivity index (χ3v) is 6.43. The van der Waals surface area contributed by atoms with E-state index >= 15 is 0 Å². The van der Waals surface area contributed by atoms with Crippen LogP contribution in [0, 0.1) is 5.92 Å². The average Bonchev–Trinajstić information content (AvgIpc) is 2.85. The highest BCUT2D eigenvalue weighted by atomic mass is 32.2. The van der Waals surface area contributed by atoms with Gasteiger partial charge in [0.2, 0.25) is 5.91 Å². The number of hydrogen-bond donors (Lipinski definition) is 2. The molecule has 1 heterocycles. The number of nitrogens with one attached hydrogen (secondary N) is 2. The molecule has 0 aromatic rings. The summed E-state index contributed by atoms with van der Waals surface area (Å²) in [6.07, 6.45) is 4.25. The van der Waals surface area contributed by atoms with E-state index in [0.29, 0.717) is 5.92 Å². The van der Waals surface area contributed by atoms with Crippen LogP contribution >= 0.6 is 0 Å². The molecule has 0 bridgehead atoms. The van der Waals surface area contributed by atoms with Crippen molar-refractivity contribution in [2.45, 2.75) is 50.3 Å². The molecule has 2 rings (SSSR count). The smallest absolute Gasteiger partial charge is 0.235 e. The van der Waals surface area contributed by atoms with Crippen molar-refractivity contribution in [3.8, 4) is 0 Å². The van der Waals surface area contributed by atoms with Crippen molar-refractivity contribution in [2.24, 2.45) is 5.92 Å². The van der Waals surface area contributed by atoms with Gasteiger partial charge in [-0.25, -0.2) is 8.42 Å². The summed E-state index contributed by atoms with van der Waals surface area (Å²) in [6, 6.07) is 0.104. The predicted molar refractivity (Wildman–Crippen MR) is 74.6 cm³/mol. The Bertz CT molecular complexity index is 416. The second-order valence-corrected chi connectivity index (χ2v) is 8.14. The predicted octanol–water partition coefficient (Wildman–Crippen LogP) is 0.458. The number of carbonyl (C=O) groups is 1. The molecule has 1 aliphatic heterocycles. The first-order valence-electron chi connectivity index (χ1n) is 7.20. The van der Waals surface area contributed by atoms with Gasteiger partial charge in [0.05, 0.1) is 5.25 Å². The summed E-state index contributed by atoms with van der Waals surface area (Å²) in [7, 11) is -3.26. The Morgan fingerprint density at radius 2 is 1.95 bits per heavy atom. The van der Waals surface area contributed by atoms with E-state index in [4.69, 9.17) is 0 Å². The maximum absolute atomic E-state index is 12.1. The molecule has 0 aromatic heterocycles. The number of piperidine rings is 1. The minimum atomic E-state index is -3.26. The van der Waals surface area contributed by atoms with E-state index in [9.17, 15) is 13.2 Å². The molecule has 1 aliphatic carbocycles. The normalized spacial score (nSPS) is 29.3. The van der Waals surface area contributed by atoms with Crippen molar-refractivity contribution in [3.05, 3.63) is 0 Å². The van der Waals surface area contributed by atoms with Gasteiger partial charge in [-0.3, -0.25) is 4.79 Å². The lowest BCUT2D eigenvalue weighted by molar-refractivity contribution is -0.119. The van der Waals surface area contributed by atoms with Gasteiger partial charge in [-0.1, -0.05) is 19.8 Å². The number of carbonyl (C=O) groups excluding carboxylic acids is 1. The molecule has 2 fully saturated rings. The topological polar surface area (TPSA) is 75.3 Å². The third-order valence-electron chi connectivity index (χ3n) is 4.27. The Labute approximate surface area is 115 Å². The zero-order valence-electron chi connectivity index (χ0n) is 11.5. The van der Waals surface area contributed by atoms with Crippen molar-refractivity contribution in [3.63, 3.8) is 0 Å². The number of sulfone groups is 1. The highest BCUT2D eigenvalue weighted by Gasteiger charge is 2.31. The first-order valence-corrected chi connectivity index (χ1v) is 8.92. The Balaban J connectivity index is 1.86. The monoisotopic (exact) mass is 288 g/mol. The summed E-state index contributed by atoms with van der Waals surface area (Å²) in [5.74, 6) is -0.313. The summed E-state index contributed by atoms with van der Waals surface area (Å²) < 4.78 is 24.2. The zero-order chi connectivity index (χ0) is 13.9. The van der Waals surface area contributed by atoms with Crippen molar-refractivity contribution in [2.75, 3.05) is 18.8 Å². The van der Waals surface area contributed by atoms with Gasteiger partial charge in [-0.15, -0.1) is 0 Å². The van der Waals surface area contributed by atoms with Crippen LogP contribution in [0.3, 0.4) is 0 Å². The average molecular weight is 288 g/mol. The van der Waals surface area contributed by atoms with Gasteiger partial charge in [-0.05, 0) is 38.3 Å². The van der Waals surface area contributed by atoms with Gasteiger partial charge in [0, 0.05) is 6.04 Å². The summed E-state index contributed by atoms with van der Waals surface area (Å²) in [6.45, 7) is 3.83. The summed E-state index contributed by atoms with van der Waals surface area (Å²) in [5.41, 5.74) is 0. The van der Waals surface area contributed by atoms with E-state index in [1.807, 2.05) is 0 Å². The molecule has 1 saturated carbocycles. The van der Waals surface area contributed by atoms with E-state index in [-0.39, 0.29) is 23.0 Å². The molecule has 0 aromatic carbocycles. The number of amides is 1. The van der Waals surface area contributed by atoms with Crippen LogP contribution in [-0.4, -0.2) is 44.5 Å². The Hall–Kier alpha value is -0.620. The van der Waals surface area contributed by atoms with Gasteiger partial charge < -0.3 is 10.6 Å². The molecule has 19 heavy (non-hydrogen) atoms. The van der Waals surface area contributed by atoms with E-state index in [1.165, 1.54) is 0 Å². The van der Waals surface area contributed by atoms with Gasteiger partial charge in [0.25, 0.3) is 0 Å². The Morgan fingerprint density at radius 1 is 1.26 bits per heavy atom. The first kappa shape index (κ1) is 14.8. The van der Waals surface area contributed by atoms with Gasteiger partial charge >= 0.3 is 0 Å². The standard InChI is InChI=1S/C13H24N2O3S/c1-10-8-14-7-6-12(10)15-13(16)9-19(17,18)11-4-2-3-5-11/h10-12,14H,2-9H2,1H3,(H,15,16). The molecule has 2 N–H and O–H groups in total. The van der Waals surface area contributed by atoms with Crippen LogP contribution in [0.5, 0.6) is 0 Å². The number of hydrogen-bond acceptors (Lipinski definition) is 4. The highest BCUT2D eigenvalue weighted by Crippen LogP contribution is 2.25. The fourth-order valence-electron chi connectivity index (χ4n) is 3.02. The maximum Gasteiger partial charge on any atom is 0.235 e. The molecule has 0 spiro atoms. The van der Waals surface area contributed by atoms with E-state index in [2.05, 4.69) is 17.6 Å². The van der Waals surface area contributed by atoms with Crippen molar-refractivity contribution in [1.82, 2.24) is 10.6 Å². The molecule has 2 unspecified atom stereocenters. The van der Waals surface area contributed by atoms with Crippen LogP contribution < -0.4 is 10.6 Å². The Kier molecular flexibility index (Phi) is 4.84. The molecule has 1 saturated heterocycles. The van der Waals surface area contributed by atoms with Crippen molar-refractivity contribution in [1.29, 1.82) is 0 Å². The molecule has 2 atom stereocenters. The van der Waals surface area contributed by atoms with E-state index in [0.717, 1.165) is 45.2 Å². The molecule has 110 valence electrons. The fraction of sp³-hybridized carbons (Fsp3) is 0.923. The molecule has 6 heteroatoms. The summed E-state index contributed by atoms with van der Waals surface area (Å²) in [4.78, 5) is 11.9. The third kappa shape index (κ3) is 3.92. The zero-order valence-corrected chi connectivity index (χ0v) is 12.3. The van der Waals surface area contributed by atoms with Crippen molar-refractivity contribution < 1.29 is 13.2 Å². The second kappa shape index (κ2) is 6.22. The highest BCUT2D eigenvalue weighted by molar-refractivity contribution is 7.92. The summed E-state index contributed by atoms with van der Waals surface area (Å²) in [5, 5.41) is 5.86. The largest absolute Gasteiger partial charge is 0.352 e. The van der Waals surface area contributed by atoms with Gasteiger partial charge in [-0.2, -0.15) is 0 Å². The molecular weight excluding hydrogens is 264 g/mol. The van der Waals surface area contributed by atoms with E-state index < -0.39 is 9.84 Å². The number of rotatable bonds is 4. The lowest BCUT2D eigenvalue weighted by atomic mass is 9.95. The van der Waals surface area contributed by atoms with Crippen LogP contribution in [-0.2, 0) is 14.6 Å². The lowest BCUT2D eigenvalue weighted by Gasteiger charge is -2.30. The fourth-order valence-corrected chi connectivity index (χ4v) is 4.76. The SMILES string of the molecule is CC1CNCCC1NC(=O)CS(=O)(=O)C1CCCC1. The molecule has 1 amide bonds. The molecular formula is C13H24N2O3S. The Morgan fingerprint density at radius 3 is 2.58 bits per heavy atom. The van der Waals surface area contributed by atoms with E-state index in [1.54, 1.807) is 0 Å². The van der Waals surface area contributed by atoms with Crippen LogP contribution in [0.2, 0.25) is 0 Å². The summed E-state index contributed by atoms with van der Waals surface area (Å²) >= 11 is 0. The minimum Gasteiger partial charge on any atom is -0.352 e.